The predicted octanol–water partition coefficient (Wildman–Crippen LogP) is 1.51. The van der Waals surface area contributed by atoms with Crippen LogP contribution in [-0.4, -0.2) is 48.0 Å². The van der Waals surface area contributed by atoms with Gasteiger partial charge < -0.3 is 4.74 Å². The molecule has 3 heterocycles. The summed E-state index contributed by atoms with van der Waals surface area (Å²) in [7, 11) is 2.09. The van der Waals surface area contributed by atoms with Gasteiger partial charge in [-0.05, 0) is 32.0 Å². The van der Waals surface area contributed by atoms with Gasteiger partial charge in [0, 0.05) is 18.0 Å². The number of likely N-dealkylation sites (N-methyl/N-ethyl adjacent to an activating group) is 1. The summed E-state index contributed by atoms with van der Waals surface area (Å²) in [6.07, 6.45) is 2.70. The zero-order chi connectivity index (χ0) is 13.4. The summed E-state index contributed by atoms with van der Waals surface area (Å²) in [6.45, 7) is 1.38. The average Bonchev–Trinajstić information content (AvgIpc) is 2.38. The first kappa shape index (κ1) is 12.7. The Kier molecular flexibility index (Phi) is 3.33. The fourth-order valence-corrected chi connectivity index (χ4v) is 3.04. The molecule has 1 aromatic heterocycles. The third-order valence-corrected chi connectivity index (χ3v) is 4.24. The molecule has 1 aromatic rings. The van der Waals surface area contributed by atoms with Crippen LogP contribution in [0.3, 0.4) is 0 Å². The molecule has 19 heavy (non-hydrogen) atoms. The number of fused-ring (bicyclic) bond motifs is 2. The van der Waals surface area contributed by atoms with Crippen molar-refractivity contribution in [3.8, 4) is 0 Å². The highest BCUT2D eigenvalue weighted by atomic mass is 19.1. The molecule has 2 aliphatic heterocycles. The van der Waals surface area contributed by atoms with Crippen molar-refractivity contribution in [2.24, 2.45) is 5.92 Å². The first-order chi connectivity index (χ1) is 9.15. The fraction of sp³-hybridized carbons (Fsp3) is 0.571. The smallest absolute Gasteiger partial charge is 0.184 e. The molecule has 3 rings (SSSR count). The van der Waals surface area contributed by atoms with E-state index < -0.39 is 5.82 Å². The predicted molar refractivity (Wildman–Crippen MR) is 67.4 cm³/mol. The number of Topliss-reactive ketones (excluding diaryl/α,β-unsaturated/α-hetero) is 1. The summed E-state index contributed by atoms with van der Waals surface area (Å²) in [5.74, 6) is -0.400. The van der Waals surface area contributed by atoms with Crippen LogP contribution in [0.4, 0.5) is 4.39 Å². The van der Waals surface area contributed by atoms with Crippen LogP contribution in [0.15, 0.2) is 18.3 Å². The van der Waals surface area contributed by atoms with Gasteiger partial charge in [0.1, 0.15) is 11.5 Å². The molecule has 0 radical (unpaired) electrons. The van der Waals surface area contributed by atoms with Crippen molar-refractivity contribution in [1.82, 2.24) is 9.88 Å². The molecule has 5 heteroatoms. The molecule has 2 unspecified atom stereocenters. The Morgan fingerprint density at radius 2 is 2.05 bits per heavy atom. The van der Waals surface area contributed by atoms with Gasteiger partial charge in [-0.2, -0.15) is 0 Å². The van der Waals surface area contributed by atoms with E-state index in [0.717, 1.165) is 19.0 Å². The largest absolute Gasteiger partial charge is 0.378 e. The standard InChI is InChI=1S/C14H17FN2O2/c1-17-11-4-9(5-12(17)8-19-7-11)14(18)13-3-2-10(15)6-16-13/h2-3,6,9,11-12H,4-5,7-8H2,1H3. The van der Waals surface area contributed by atoms with Crippen LogP contribution in [0.2, 0.25) is 0 Å². The van der Waals surface area contributed by atoms with Crippen molar-refractivity contribution in [3.05, 3.63) is 29.8 Å². The maximum Gasteiger partial charge on any atom is 0.184 e. The van der Waals surface area contributed by atoms with E-state index in [2.05, 4.69) is 16.9 Å². The van der Waals surface area contributed by atoms with Crippen LogP contribution >= 0.6 is 0 Å². The molecule has 0 N–H and O–H groups in total. The number of piperidine rings is 1. The van der Waals surface area contributed by atoms with Gasteiger partial charge in [0.05, 0.1) is 19.4 Å². The van der Waals surface area contributed by atoms with Crippen molar-refractivity contribution >= 4 is 5.78 Å². The number of carbonyl (C=O) groups is 1. The van der Waals surface area contributed by atoms with Crippen molar-refractivity contribution < 1.29 is 13.9 Å². The Bertz CT molecular complexity index is 463. The molecule has 0 spiro atoms. The summed E-state index contributed by atoms with van der Waals surface area (Å²) in [4.78, 5) is 18.6. The highest BCUT2D eigenvalue weighted by Gasteiger charge is 2.39. The van der Waals surface area contributed by atoms with Crippen LogP contribution in [0.5, 0.6) is 0 Å². The normalized spacial score (nSPS) is 31.2. The molecule has 2 aliphatic rings. The number of nitrogens with zero attached hydrogens (tertiary/aromatic N) is 2. The molecular weight excluding hydrogens is 247 g/mol. The SMILES string of the molecule is CN1C2COCC1CC(C(=O)c1ccc(F)cn1)C2. The van der Waals surface area contributed by atoms with Crippen LogP contribution in [0.1, 0.15) is 23.3 Å². The van der Waals surface area contributed by atoms with E-state index in [1.807, 2.05) is 0 Å². The summed E-state index contributed by atoms with van der Waals surface area (Å²) < 4.78 is 18.4. The molecule has 0 amide bonds. The second kappa shape index (κ2) is 4.98. The Morgan fingerprint density at radius 3 is 2.63 bits per heavy atom. The second-order valence-corrected chi connectivity index (χ2v) is 5.40. The molecule has 0 aromatic carbocycles. The topological polar surface area (TPSA) is 42.4 Å². The number of hydrogen-bond donors (Lipinski definition) is 0. The van der Waals surface area contributed by atoms with E-state index in [0.29, 0.717) is 31.0 Å². The number of ether oxygens (including phenoxy) is 1. The minimum Gasteiger partial charge on any atom is -0.378 e. The first-order valence-corrected chi connectivity index (χ1v) is 6.60. The number of carbonyl (C=O) groups excluding carboxylic acids is 1. The second-order valence-electron chi connectivity index (χ2n) is 5.40. The zero-order valence-electron chi connectivity index (χ0n) is 10.9. The van der Waals surface area contributed by atoms with E-state index in [1.165, 1.54) is 12.1 Å². The maximum atomic E-state index is 12.8. The number of halogens is 1. The molecule has 0 aliphatic carbocycles. The Hall–Kier alpha value is -1.33. The van der Waals surface area contributed by atoms with Gasteiger partial charge in [0.2, 0.25) is 0 Å². The molecule has 2 saturated heterocycles. The first-order valence-electron chi connectivity index (χ1n) is 6.60. The van der Waals surface area contributed by atoms with Crippen molar-refractivity contribution in [2.45, 2.75) is 24.9 Å². The monoisotopic (exact) mass is 264 g/mol. The van der Waals surface area contributed by atoms with Crippen LogP contribution < -0.4 is 0 Å². The minimum atomic E-state index is -0.412. The van der Waals surface area contributed by atoms with Gasteiger partial charge in [-0.15, -0.1) is 0 Å². The number of morpholine rings is 1. The molecule has 4 nitrogen and oxygen atoms in total. The summed E-state index contributed by atoms with van der Waals surface area (Å²) >= 11 is 0. The van der Waals surface area contributed by atoms with Crippen LogP contribution in [0, 0.1) is 11.7 Å². The zero-order valence-corrected chi connectivity index (χ0v) is 10.9. The number of pyridine rings is 1. The highest BCUT2D eigenvalue weighted by molar-refractivity contribution is 5.96. The third-order valence-electron chi connectivity index (χ3n) is 4.24. The van der Waals surface area contributed by atoms with Crippen molar-refractivity contribution in [3.63, 3.8) is 0 Å². The van der Waals surface area contributed by atoms with Gasteiger partial charge in [0.15, 0.2) is 5.78 Å². The lowest BCUT2D eigenvalue weighted by atomic mass is 9.82. The van der Waals surface area contributed by atoms with Gasteiger partial charge >= 0.3 is 0 Å². The van der Waals surface area contributed by atoms with E-state index in [4.69, 9.17) is 4.74 Å². The Balaban J connectivity index is 1.76. The van der Waals surface area contributed by atoms with E-state index in [-0.39, 0.29) is 11.7 Å². The molecule has 2 atom stereocenters. The maximum absolute atomic E-state index is 12.8. The lowest BCUT2D eigenvalue weighted by molar-refractivity contribution is -0.0703. The number of ketones is 1. The molecular formula is C14H17FN2O2. The van der Waals surface area contributed by atoms with E-state index >= 15 is 0 Å². The van der Waals surface area contributed by atoms with Gasteiger partial charge in [-0.25, -0.2) is 4.39 Å². The van der Waals surface area contributed by atoms with E-state index in [1.54, 1.807) is 0 Å². The lowest BCUT2D eigenvalue weighted by Crippen LogP contribution is -2.55. The third kappa shape index (κ3) is 2.40. The Morgan fingerprint density at radius 1 is 1.37 bits per heavy atom. The number of rotatable bonds is 2. The minimum absolute atomic E-state index is 0.0203. The van der Waals surface area contributed by atoms with Gasteiger partial charge in [-0.3, -0.25) is 14.7 Å². The summed E-state index contributed by atoms with van der Waals surface area (Å²) in [5.41, 5.74) is 0.370. The van der Waals surface area contributed by atoms with Crippen LogP contribution in [-0.2, 0) is 4.74 Å². The average molecular weight is 264 g/mol. The molecule has 0 saturated carbocycles. The van der Waals surface area contributed by atoms with Crippen molar-refractivity contribution in [2.75, 3.05) is 20.3 Å². The summed E-state index contributed by atoms with van der Waals surface area (Å²) in [6, 6.07) is 3.38. The van der Waals surface area contributed by atoms with Crippen molar-refractivity contribution in [1.29, 1.82) is 0 Å². The summed E-state index contributed by atoms with van der Waals surface area (Å²) in [5, 5.41) is 0. The fourth-order valence-electron chi connectivity index (χ4n) is 3.04. The quantitative estimate of drug-likeness (QED) is 0.759. The van der Waals surface area contributed by atoms with Gasteiger partial charge in [0.25, 0.3) is 0 Å². The highest BCUT2D eigenvalue weighted by Crippen LogP contribution is 2.31. The molecule has 2 bridgehead atoms. The van der Waals surface area contributed by atoms with E-state index in [9.17, 15) is 9.18 Å². The number of hydrogen-bond acceptors (Lipinski definition) is 4. The molecule has 2 fully saturated rings. The van der Waals surface area contributed by atoms with Gasteiger partial charge in [-0.1, -0.05) is 0 Å². The van der Waals surface area contributed by atoms with Crippen LogP contribution in [0.25, 0.3) is 0 Å². The Labute approximate surface area is 111 Å². The lowest BCUT2D eigenvalue weighted by Gasteiger charge is -2.46. The molecule has 102 valence electrons. The number of aromatic nitrogens is 1.